The van der Waals surface area contributed by atoms with Crippen LogP contribution in [0.4, 0.5) is 0 Å². The molecule has 1 unspecified atom stereocenters. The predicted molar refractivity (Wildman–Crippen MR) is 61.3 cm³/mol. The summed E-state index contributed by atoms with van der Waals surface area (Å²) in [6.07, 6.45) is 9.92. The monoisotopic (exact) mass is 208 g/mol. The van der Waals surface area contributed by atoms with Crippen molar-refractivity contribution in [2.75, 3.05) is 20.1 Å². The Bertz CT molecular complexity index is 244. The van der Waals surface area contributed by atoms with E-state index >= 15 is 0 Å². The van der Waals surface area contributed by atoms with Gasteiger partial charge in [-0.25, -0.2) is 0 Å². The Hall–Kier alpha value is -1.01. The van der Waals surface area contributed by atoms with Crippen molar-refractivity contribution in [2.24, 2.45) is 0 Å². The molecule has 0 aromatic heterocycles. The zero-order chi connectivity index (χ0) is 11.1. The second kappa shape index (κ2) is 6.47. The summed E-state index contributed by atoms with van der Waals surface area (Å²) < 4.78 is 0. The molecular weight excluding hydrogens is 188 g/mol. The first kappa shape index (κ1) is 12.1. The van der Waals surface area contributed by atoms with Crippen LogP contribution in [0.1, 0.15) is 32.1 Å². The highest BCUT2D eigenvalue weighted by Crippen LogP contribution is 2.19. The van der Waals surface area contributed by atoms with Crippen LogP contribution in [0.25, 0.3) is 0 Å². The van der Waals surface area contributed by atoms with Gasteiger partial charge in [0.1, 0.15) is 0 Å². The number of nitrogens with zero attached hydrogens (tertiary/aromatic N) is 1. The summed E-state index contributed by atoms with van der Waals surface area (Å²) in [7, 11) is 1.94. The number of carbonyl (C=O) groups excluding carboxylic acids is 1. The van der Waals surface area contributed by atoms with E-state index < -0.39 is 0 Å². The third-order valence-electron chi connectivity index (χ3n) is 2.93. The maximum atomic E-state index is 11.7. The number of rotatable bonds is 4. The summed E-state index contributed by atoms with van der Waals surface area (Å²) in [6, 6.07) is 0.395. The van der Waals surface area contributed by atoms with E-state index in [9.17, 15) is 4.79 Å². The van der Waals surface area contributed by atoms with Gasteiger partial charge >= 0.3 is 0 Å². The Morgan fingerprint density at radius 1 is 1.60 bits per heavy atom. The van der Waals surface area contributed by atoms with Crippen molar-refractivity contribution < 1.29 is 4.79 Å². The molecule has 1 heterocycles. The van der Waals surface area contributed by atoms with E-state index in [0.29, 0.717) is 6.04 Å². The van der Waals surface area contributed by atoms with E-state index in [1.807, 2.05) is 11.9 Å². The fourth-order valence-electron chi connectivity index (χ4n) is 2.13. The zero-order valence-corrected chi connectivity index (χ0v) is 9.46. The fourth-order valence-corrected chi connectivity index (χ4v) is 2.13. The first-order valence-corrected chi connectivity index (χ1v) is 5.67. The van der Waals surface area contributed by atoms with Gasteiger partial charge in [-0.05, 0) is 39.3 Å². The molecule has 1 saturated heterocycles. The normalized spacial score (nSPS) is 21.1. The second-order valence-electron chi connectivity index (χ2n) is 4.01. The van der Waals surface area contributed by atoms with Crippen LogP contribution in [0.3, 0.4) is 0 Å². The van der Waals surface area contributed by atoms with E-state index in [1.165, 1.54) is 6.42 Å². The highest BCUT2D eigenvalue weighted by atomic mass is 16.2. The summed E-state index contributed by atoms with van der Waals surface area (Å²) in [5.41, 5.74) is 0. The molecule has 1 aliphatic rings. The van der Waals surface area contributed by atoms with E-state index in [-0.39, 0.29) is 12.3 Å². The van der Waals surface area contributed by atoms with Crippen molar-refractivity contribution >= 4 is 5.91 Å². The summed E-state index contributed by atoms with van der Waals surface area (Å²) in [5.74, 6) is 2.56. The molecule has 0 aromatic rings. The molecule has 15 heavy (non-hydrogen) atoms. The van der Waals surface area contributed by atoms with Crippen LogP contribution in [0.5, 0.6) is 0 Å². The molecule has 1 amide bonds. The largest absolute Gasteiger partial charge is 0.339 e. The van der Waals surface area contributed by atoms with Crippen LogP contribution in [-0.2, 0) is 4.79 Å². The Kier molecular flexibility index (Phi) is 5.20. The van der Waals surface area contributed by atoms with Gasteiger partial charge in [-0.15, -0.1) is 6.42 Å². The summed E-state index contributed by atoms with van der Waals surface area (Å²) in [5, 5.41) is 3.13. The number of carbonyl (C=O) groups is 1. The van der Waals surface area contributed by atoms with Crippen LogP contribution in [0, 0.1) is 12.3 Å². The van der Waals surface area contributed by atoms with Crippen molar-refractivity contribution in [1.82, 2.24) is 10.2 Å². The van der Waals surface area contributed by atoms with E-state index in [4.69, 9.17) is 6.42 Å². The number of terminal acetylenes is 1. The summed E-state index contributed by atoms with van der Waals surface area (Å²) >= 11 is 0. The zero-order valence-electron chi connectivity index (χ0n) is 9.46. The van der Waals surface area contributed by atoms with Gasteiger partial charge in [0.05, 0.1) is 6.42 Å². The van der Waals surface area contributed by atoms with Crippen LogP contribution < -0.4 is 5.32 Å². The molecule has 0 radical (unpaired) electrons. The minimum absolute atomic E-state index is 0.123. The van der Waals surface area contributed by atoms with Crippen molar-refractivity contribution in [3.8, 4) is 12.3 Å². The highest BCUT2D eigenvalue weighted by molar-refractivity contribution is 5.79. The molecule has 84 valence electrons. The van der Waals surface area contributed by atoms with Crippen LogP contribution in [-0.4, -0.2) is 37.0 Å². The smallest absolute Gasteiger partial charge is 0.234 e. The highest BCUT2D eigenvalue weighted by Gasteiger charge is 2.25. The van der Waals surface area contributed by atoms with Crippen molar-refractivity contribution in [3.63, 3.8) is 0 Å². The minimum atomic E-state index is 0.123. The SMILES string of the molecule is C#CCC(=O)N1CCCCC1CCNC. The number of hydrogen-bond donors (Lipinski definition) is 1. The standard InChI is InChI=1S/C12H20N2O/c1-3-6-12(15)14-10-5-4-7-11(14)8-9-13-2/h1,11,13H,4-10H2,2H3. The lowest BCUT2D eigenvalue weighted by Crippen LogP contribution is -2.44. The average molecular weight is 208 g/mol. The van der Waals surface area contributed by atoms with Crippen LogP contribution >= 0.6 is 0 Å². The third-order valence-corrected chi connectivity index (χ3v) is 2.93. The van der Waals surface area contributed by atoms with Crippen molar-refractivity contribution in [2.45, 2.75) is 38.1 Å². The van der Waals surface area contributed by atoms with E-state index in [0.717, 1.165) is 32.4 Å². The quantitative estimate of drug-likeness (QED) is 0.699. The molecule has 0 bridgehead atoms. The van der Waals surface area contributed by atoms with Crippen LogP contribution in [0.15, 0.2) is 0 Å². The number of piperidine rings is 1. The van der Waals surface area contributed by atoms with Gasteiger partial charge < -0.3 is 10.2 Å². The Balaban J connectivity index is 2.49. The molecule has 1 rings (SSSR count). The van der Waals surface area contributed by atoms with Gasteiger partial charge in [-0.3, -0.25) is 4.79 Å². The molecule has 1 aliphatic heterocycles. The summed E-state index contributed by atoms with van der Waals surface area (Å²) in [4.78, 5) is 13.7. The molecular formula is C12H20N2O. The molecule has 0 aromatic carbocycles. The Morgan fingerprint density at radius 3 is 3.07 bits per heavy atom. The lowest BCUT2D eigenvalue weighted by molar-refractivity contribution is -0.133. The lowest BCUT2D eigenvalue weighted by Gasteiger charge is -2.35. The Morgan fingerprint density at radius 2 is 2.40 bits per heavy atom. The van der Waals surface area contributed by atoms with Gasteiger partial charge in [0.25, 0.3) is 0 Å². The molecule has 3 nitrogen and oxygen atoms in total. The van der Waals surface area contributed by atoms with Gasteiger partial charge in [-0.1, -0.05) is 5.92 Å². The molecule has 1 fully saturated rings. The topological polar surface area (TPSA) is 32.3 Å². The molecule has 1 N–H and O–H groups in total. The fraction of sp³-hybridized carbons (Fsp3) is 0.750. The predicted octanol–water partition coefficient (Wildman–Crippen LogP) is 1.00. The maximum Gasteiger partial charge on any atom is 0.234 e. The Labute approximate surface area is 92.2 Å². The van der Waals surface area contributed by atoms with E-state index in [2.05, 4.69) is 11.2 Å². The van der Waals surface area contributed by atoms with Gasteiger partial charge in [0.2, 0.25) is 5.91 Å². The maximum absolute atomic E-state index is 11.7. The van der Waals surface area contributed by atoms with Crippen molar-refractivity contribution in [1.29, 1.82) is 0 Å². The molecule has 0 aliphatic carbocycles. The van der Waals surface area contributed by atoms with Crippen LogP contribution in [0.2, 0.25) is 0 Å². The molecule has 0 spiro atoms. The number of amides is 1. The molecule has 0 saturated carbocycles. The summed E-state index contributed by atoms with van der Waals surface area (Å²) in [6.45, 7) is 1.85. The minimum Gasteiger partial charge on any atom is -0.339 e. The second-order valence-corrected chi connectivity index (χ2v) is 4.01. The average Bonchev–Trinajstić information content (AvgIpc) is 2.27. The van der Waals surface area contributed by atoms with Gasteiger partial charge in [-0.2, -0.15) is 0 Å². The lowest BCUT2D eigenvalue weighted by atomic mass is 9.99. The first-order chi connectivity index (χ1) is 7.29. The van der Waals surface area contributed by atoms with Crippen molar-refractivity contribution in [3.05, 3.63) is 0 Å². The first-order valence-electron chi connectivity index (χ1n) is 5.67. The molecule has 3 heteroatoms. The molecule has 1 atom stereocenters. The number of hydrogen-bond acceptors (Lipinski definition) is 2. The van der Waals surface area contributed by atoms with E-state index in [1.54, 1.807) is 0 Å². The third kappa shape index (κ3) is 3.56. The number of likely N-dealkylation sites (tertiary alicyclic amines) is 1. The van der Waals surface area contributed by atoms with Gasteiger partial charge in [0.15, 0.2) is 0 Å². The van der Waals surface area contributed by atoms with Gasteiger partial charge in [0, 0.05) is 12.6 Å². The number of nitrogens with one attached hydrogen (secondary N) is 1.